The van der Waals surface area contributed by atoms with E-state index in [-0.39, 0.29) is 42.8 Å². The van der Waals surface area contributed by atoms with E-state index >= 15 is 0 Å². The summed E-state index contributed by atoms with van der Waals surface area (Å²) in [7, 11) is -4.60. The predicted molar refractivity (Wildman–Crippen MR) is 79.9 cm³/mol. The van der Waals surface area contributed by atoms with Crippen LogP contribution in [0.4, 0.5) is 0 Å². The molecule has 0 bridgehead atoms. The van der Waals surface area contributed by atoms with E-state index in [1.54, 1.807) is 0 Å². The minimum atomic E-state index is -4.60. The van der Waals surface area contributed by atoms with Crippen molar-refractivity contribution in [3.8, 4) is 0 Å². The van der Waals surface area contributed by atoms with E-state index in [9.17, 15) is 13.0 Å². The molecule has 0 N–H and O–H groups in total. The van der Waals surface area contributed by atoms with Gasteiger partial charge in [0.15, 0.2) is 0 Å². The van der Waals surface area contributed by atoms with Gasteiger partial charge >= 0.3 is 29.6 Å². The molecule has 0 aromatic heterocycles. The van der Waals surface area contributed by atoms with E-state index in [2.05, 4.69) is 11.1 Å². The summed E-state index contributed by atoms with van der Waals surface area (Å²) in [4.78, 5) is 0. The van der Waals surface area contributed by atoms with E-state index < -0.39 is 10.4 Å². The quantitative estimate of drug-likeness (QED) is 0.164. The van der Waals surface area contributed by atoms with Gasteiger partial charge < -0.3 is 14.0 Å². The van der Waals surface area contributed by atoms with Gasteiger partial charge in [0.05, 0.1) is 26.4 Å². The first-order chi connectivity index (χ1) is 10.1. The molecule has 0 aliphatic heterocycles. The minimum Gasteiger partial charge on any atom is -0.726 e. The van der Waals surface area contributed by atoms with Crippen molar-refractivity contribution in [2.45, 2.75) is 58.3 Å². The zero-order chi connectivity index (χ0) is 15.8. The van der Waals surface area contributed by atoms with Crippen molar-refractivity contribution in [3.05, 3.63) is 0 Å². The minimum absolute atomic E-state index is 0. The van der Waals surface area contributed by atoms with E-state index in [0.29, 0.717) is 13.2 Å². The fraction of sp³-hybridized carbons (Fsp3) is 1.00. The monoisotopic (exact) mass is 348 g/mol. The maximum absolute atomic E-state index is 10.1. The van der Waals surface area contributed by atoms with Crippen LogP contribution < -0.4 is 29.6 Å². The second-order valence-electron chi connectivity index (χ2n) is 4.93. The Kier molecular flexibility index (Phi) is 20.6. The van der Waals surface area contributed by atoms with Crippen molar-refractivity contribution >= 4 is 10.4 Å². The van der Waals surface area contributed by atoms with Gasteiger partial charge in [0.1, 0.15) is 0 Å². The molecule has 0 atom stereocenters. The van der Waals surface area contributed by atoms with Crippen molar-refractivity contribution in [3.63, 3.8) is 0 Å². The molecule has 22 heavy (non-hydrogen) atoms. The SMILES string of the molecule is CCCCCCCCCCOCCOCCOS(=O)(=O)[O-].[Na+]. The maximum atomic E-state index is 10.1. The summed E-state index contributed by atoms with van der Waals surface area (Å²) in [6.07, 6.45) is 10.2. The summed E-state index contributed by atoms with van der Waals surface area (Å²) in [5.41, 5.74) is 0. The molecule has 0 heterocycles. The Bertz CT molecular complexity index is 310. The molecule has 0 saturated heterocycles. The predicted octanol–water partition coefficient (Wildman–Crippen LogP) is -0.359. The van der Waals surface area contributed by atoms with Crippen molar-refractivity contribution in [1.29, 1.82) is 0 Å². The Morgan fingerprint density at radius 3 is 1.73 bits per heavy atom. The third kappa shape index (κ3) is 23.1. The second kappa shape index (κ2) is 18.1. The molecule has 6 nitrogen and oxygen atoms in total. The third-order valence-corrected chi connectivity index (χ3v) is 3.42. The molecular weight excluding hydrogens is 319 g/mol. The molecule has 0 saturated carbocycles. The van der Waals surface area contributed by atoms with Crippen molar-refractivity contribution in [2.24, 2.45) is 0 Å². The number of rotatable bonds is 16. The fourth-order valence-corrected chi connectivity index (χ4v) is 2.13. The number of hydrogen-bond acceptors (Lipinski definition) is 6. The third-order valence-electron chi connectivity index (χ3n) is 2.97. The fourth-order valence-electron chi connectivity index (χ4n) is 1.85. The van der Waals surface area contributed by atoms with E-state index in [0.717, 1.165) is 13.0 Å². The van der Waals surface area contributed by atoms with E-state index in [4.69, 9.17) is 9.47 Å². The van der Waals surface area contributed by atoms with Crippen LogP contribution in [-0.2, 0) is 24.1 Å². The standard InChI is InChI=1S/C14H30O6S.Na/c1-2-3-4-5-6-7-8-9-10-18-11-12-19-13-14-20-21(15,16)17;/h2-14H2,1H3,(H,15,16,17);/q;+1/p-1. The Labute approximate surface area is 157 Å². The topological polar surface area (TPSA) is 84.9 Å². The van der Waals surface area contributed by atoms with Crippen LogP contribution >= 0.6 is 0 Å². The van der Waals surface area contributed by atoms with Crippen LogP contribution in [0.15, 0.2) is 0 Å². The molecular formula is C14H29NaO6S. The number of ether oxygens (including phenoxy) is 2. The Morgan fingerprint density at radius 2 is 1.18 bits per heavy atom. The van der Waals surface area contributed by atoms with Crippen LogP contribution in [0.5, 0.6) is 0 Å². The smallest absolute Gasteiger partial charge is 0.726 e. The summed E-state index contributed by atoms with van der Waals surface area (Å²) in [6, 6.07) is 0. The maximum Gasteiger partial charge on any atom is 1.00 e. The zero-order valence-electron chi connectivity index (χ0n) is 14.1. The van der Waals surface area contributed by atoms with Gasteiger partial charge in [-0.15, -0.1) is 0 Å². The second-order valence-corrected chi connectivity index (χ2v) is 5.98. The molecule has 0 amide bonds. The molecule has 0 rings (SSSR count). The molecule has 8 heteroatoms. The van der Waals surface area contributed by atoms with Crippen molar-refractivity contribution in [2.75, 3.05) is 33.0 Å². The van der Waals surface area contributed by atoms with Gasteiger partial charge in [-0.1, -0.05) is 51.9 Å². The number of unbranched alkanes of at least 4 members (excludes halogenated alkanes) is 7. The average molecular weight is 348 g/mol. The van der Waals surface area contributed by atoms with Gasteiger partial charge in [-0.2, -0.15) is 0 Å². The molecule has 0 radical (unpaired) electrons. The number of hydrogen-bond donors (Lipinski definition) is 0. The molecule has 128 valence electrons. The van der Waals surface area contributed by atoms with E-state index in [1.165, 1.54) is 44.9 Å². The summed E-state index contributed by atoms with van der Waals surface area (Å²) in [5, 5.41) is 0. The molecule has 0 unspecified atom stereocenters. The van der Waals surface area contributed by atoms with Gasteiger partial charge in [-0.05, 0) is 6.42 Å². The zero-order valence-corrected chi connectivity index (χ0v) is 16.9. The largest absolute Gasteiger partial charge is 1.00 e. The summed E-state index contributed by atoms with van der Waals surface area (Å²) < 4.78 is 44.7. The molecule has 0 aliphatic rings. The summed E-state index contributed by atoms with van der Waals surface area (Å²) in [6.45, 7) is 3.62. The van der Waals surface area contributed by atoms with Crippen LogP contribution in [0.1, 0.15) is 58.3 Å². The average Bonchev–Trinajstić information content (AvgIpc) is 2.42. The Morgan fingerprint density at radius 1 is 0.727 bits per heavy atom. The first-order valence-electron chi connectivity index (χ1n) is 7.82. The van der Waals surface area contributed by atoms with Gasteiger partial charge in [-0.25, -0.2) is 8.42 Å². The Balaban J connectivity index is 0. The van der Waals surface area contributed by atoms with Crippen LogP contribution in [-0.4, -0.2) is 46.0 Å². The van der Waals surface area contributed by atoms with Crippen molar-refractivity contribution in [1.82, 2.24) is 0 Å². The first-order valence-corrected chi connectivity index (χ1v) is 9.15. The van der Waals surface area contributed by atoms with Gasteiger partial charge in [0.2, 0.25) is 10.4 Å². The van der Waals surface area contributed by atoms with Crippen LogP contribution in [0, 0.1) is 0 Å². The van der Waals surface area contributed by atoms with Gasteiger partial charge in [0.25, 0.3) is 0 Å². The van der Waals surface area contributed by atoms with Crippen LogP contribution in [0.3, 0.4) is 0 Å². The molecule has 0 fully saturated rings. The normalized spacial score (nSPS) is 11.4. The summed E-state index contributed by atoms with van der Waals surface area (Å²) >= 11 is 0. The van der Waals surface area contributed by atoms with Crippen molar-refractivity contribution < 1.29 is 56.2 Å². The molecule has 0 aliphatic carbocycles. The van der Waals surface area contributed by atoms with Gasteiger partial charge in [0, 0.05) is 6.61 Å². The first kappa shape index (κ1) is 25.0. The Hall–Kier alpha value is 0.790. The molecule has 0 aromatic carbocycles. The van der Waals surface area contributed by atoms with E-state index in [1.807, 2.05) is 0 Å². The van der Waals surface area contributed by atoms with Crippen LogP contribution in [0.2, 0.25) is 0 Å². The summed E-state index contributed by atoms with van der Waals surface area (Å²) in [5.74, 6) is 0. The van der Waals surface area contributed by atoms with Gasteiger partial charge in [-0.3, -0.25) is 4.18 Å². The molecule has 0 aromatic rings. The molecule has 0 spiro atoms. The van der Waals surface area contributed by atoms with Crippen LogP contribution in [0.25, 0.3) is 0 Å².